The van der Waals surface area contributed by atoms with E-state index < -0.39 is 11.0 Å². The molecule has 4 aromatic carbocycles. The number of fused-ring (bicyclic) bond motifs is 2. The highest BCUT2D eigenvalue weighted by atomic mass is 32.1. The van der Waals surface area contributed by atoms with Crippen LogP contribution in [0.3, 0.4) is 0 Å². The average molecular weight is 526 g/mol. The van der Waals surface area contributed by atoms with Crippen LogP contribution in [0.25, 0.3) is 21.5 Å². The molecular weight excluding hydrogens is 506 g/mol. The van der Waals surface area contributed by atoms with E-state index in [0.717, 1.165) is 38.4 Å². The van der Waals surface area contributed by atoms with Gasteiger partial charge in [0, 0.05) is 23.4 Å². The number of nitro groups is 1. The number of benzene rings is 4. The largest absolute Gasteiger partial charge is 0.325 e. The van der Waals surface area contributed by atoms with E-state index in [2.05, 4.69) is 37.4 Å². The normalized spacial score (nSPS) is 11.1. The SMILES string of the molecule is O=C(Cc1nnc(NC(=O)Nc2ccc([N+](=O)[O-])cc2)s1)N/N=C\c1c2ccccc2cc2ccccc12. The van der Waals surface area contributed by atoms with Gasteiger partial charge in [-0.3, -0.25) is 20.2 Å². The van der Waals surface area contributed by atoms with E-state index in [0.29, 0.717) is 10.7 Å². The van der Waals surface area contributed by atoms with Crippen LogP contribution in [0.15, 0.2) is 84.0 Å². The first kappa shape index (κ1) is 24.5. The standard InChI is InChI=1S/C26H19N7O4S/c34-23(30-27-15-22-20-7-3-1-5-16(20)13-17-6-2-4-8-21(17)22)14-24-31-32-26(38-24)29-25(35)28-18-9-11-19(12-10-18)33(36)37/h1-13,15H,14H2,(H,30,34)(H2,28,29,32,35)/b27-15-. The van der Waals surface area contributed by atoms with Crippen LogP contribution in [-0.2, 0) is 11.2 Å². The summed E-state index contributed by atoms with van der Waals surface area (Å²) in [6.07, 6.45) is 1.56. The number of rotatable bonds is 7. The molecule has 0 aliphatic rings. The Hall–Kier alpha value is -5.23. The van der Waals surface area contributed by atoms with Crippen LogP contribution in [0.4, 0.5) is 21.3 Å². The summed E-state index contributed by atoms with van der Waals surface area (Å²) in [5.74, 6) is -0.385. The summed E-state index contributed by atoms with van der Waals surface area (Å²) in [5, 5.41) is 32.5. The molecule has 12 heteroatoms. The molecule has 0 radical (unpaired) electrons. The molecule has 5 aromatic rings. The Morgan fingerprint density at radius 2 is 1.58 bits per heavy atom. The fourth-order valence-corrected chi connectivity index (χ4v) is 4.57. The molecule has 38 heavy (non-hydrogen) atoms. The van der Waals surface area contributed by atoms with Crippen LogP contribution in [0, 0.1) is 10.1 Å². The van der Waals surface area contributed by atoms with Crippen molar-refractivity contribution in [3.8, 4) is 0 Å². The number of amides is 3. The number of hydrogen-bond donors (Lipinski definition) is 3. The molecule has 5 rings (SSSR count). The Balaban J connectivity index is 1.19. The molecule has 188 valence electrons. The number of anilines is 2. The molecule has 3 amide bonds. The molecule has 0 unspecified atom stereocenters. The van der Waals surface area contributed by atoms with Gasteiger partial charge in [-0.25, -0.2) is 10.2 Å². The fraction of sp³-hybridized carbons (Fsp3) is 0.0385. The van der Waals surface area contributed by atoms with Crippen molar-refractivity contribution in [2.24, 2.45) is 5.10 Å². The summed E-state index contributed by atoms with van der Waals surface area (Å²) >= 11 is 1.04. The number of carbonyl (C=O) groups is 2. The summed E-state index contributed by atoms with van der Waals surface area (Å²) in [4.78, 5) is 34.8. The van der Waals surface area contributed by atoms with Gasteiger partial charge in [-0.15, -0.1) is 10.2 Å². The van der Waals surface area contributed by atoms with Crippen molar-refractivity contribution in [2.45, 2.75) is 6.42 Å². The van der Waals surface area contributed by atoms with Gasteiger partial charge in [0.25, 0.3) is 5.69 Å². The second kappa shape index (κ2) is 10.8. The first-order valence-electron chi connectivity index (χ1n) is 11.3. The smallest absolute Gasteiger partial charge is 0.308 e. The third-order valence-corrected chi connectivity index (χ3v) is 6.37. The maximum Gasteiger partial charge on any atom is 0.325 e. The molecule has 0 saturated heterocycles. The molecule has 3 N–H and O–H groups in total. The van der Waals surface area contributed by atoms with E-state index in [4.69, 9.17) is 0 Å². The van der Waals surface area contributed by atoms with Crippen LogP contribution in [0.1, 0.15) is 10.6 Å². The minimum absolute atomic E-state index is 0.0725. The molecule has 0 atom stereocenters. The van der Waals surface area contributed by atoms with Crippen LogP contribution in [-0.4, -0.2) is 33.3 Å². The van der Waals surface area contributed by atoms with Crippen LogP contribution in [0.2, 0.25) is 0 Å². The van der Waals surface area contributed by atoms with E-state index in [1.165, 1.54) is 24.3 Å². The van der Waals surface area contributed by atoms with E-state index in [-0.39, 0.29) is 23.1 Å². The monoisotopic (exact) mass is 525 g/mol. The summed E-state index contributed by atoms with van der Waals surface area (Å²) in [6, 6.07) is 22.9. The van der Waals surface area contributed by atoms with Crippen LogP contribution >= 0.6 is 11.3 Å². The van der Waals surface area contributed by atoms with Crippen molar-refractivity contribution < 1.29 is 14.5 Å². The first-order chi connectivity index (χ1) is 18.5. The van der Waals surface area contributed by atoms with E-state index in [1.54, 1.807) is 6.21 Å². The lowest BCUT2D eigenvalue weighted by atomic mass is 9.97. The highest BCUT2D eigenvalue weighted by molar-refractivity contribution is 7.15. The van der Waals surface area contributed by atoms with Crippen molar-refractivity contribution in [1.82, 2.24) is 15.6 Å². The van der Waals surface area contributed by atoms with Gasteiger partial charge in [0.15, 0.2) is 0 Å². The molecule has 0 bridgehead atoms. The third-order valence-electron chi connectivity index (χ3n) is 5.53. The minimum Gasteiger partial charge on any atom is -0.308 e. The zero-order valence-electron chi connectivity index (χ0n) is 19.6. The number of non-ortho nitro benzene ring substituents is 1. The molecule has 1 aromatic heterocycles. The zero-order chi connectivity index (χ0) is 26.5. The van der Waals surface area contributed by atoms with Gasteiger partial charge in [0.2, 0.25) is 11.0 Å². The van der Waals surface area contributed by atoms with Crippen molar-refractivity contribution in [3.05, 3.63) is 99.5 Å². The molecule has 0 saturated carbocycles. The molecule has 0 aliphatic carbocycles. The highest BCUT2D eigenvalue weighted by Crippen LogP contribution is 2.27. The Kier molecular flexibility index (Phi) is 6.95. The summed E-state index contributed by atoms with van der Waals surface area (Å²) in [5.41, 5.74) is 3.71. The number of carbonyl (C=O) groups excluding carboxylic acids is 2. The second-order valence-electron chi connectivity index (χ2n) is 8.09. The maximum absolute atomic E-state index is 12.4. The molecule has 0 fully saturated rings. The number of nitrogens with zero attached hydrogens (tertiary/aromatic N) is 4. The van der Waals surface area contributed by atoms with Gasteiger partial charge < -0.3 is 5.32 Å². The van der Waals surface area contributed by atoms with E-state index in [1.807, 2.05) is 48.5 Å². The van der Waals surface area contributed by atoms with Gasteiger partial charge in [-0.2, -0.15) is 5.10 Å². The number of hydrogen-bond acceptors (Lipinski definition) is 8. The fourth-order valence-electron chi connectivity index (χ4n) is 3.84. The first-order valence-corrected chi connectivity index (χ1v) is 12.1. The van der Waals surface area contributed by atoms with E-state index >= 15 is 0 Å². The number of hydrazone groups is 1. The van der Waals surface area contributed by atoms with Crippen molar-refractivity contribution in [1.29, 1.82) is 0 Å². The Morgan fingerprint density at radius 3 is 2.24 bits per heavy atom. The van der Waals surface area contributed by atoms with Gasteiger partial charge in [-0.05, 0) is 39.7 Å². The zero-order valence-corrected chi connectivity index (χ0v) is 20.4. The Bertz CT molecular complexity index is 1650. The molecule has 0 spiro atoms. The number of nitro benzene ring substituents is 1. The summed E-state index contributed by atoms with van der Waals surface area (Å²) < 4.78 is 0. The second-order valence-corrected chi connectivity index (χ2v) is 9.15. The van der Waals surface area contributed by atoms with Crippen molar-refractivity contribution in [3.63, 3.8) is 0 Å². The topological polar surface area (TPSA) is 152 Å². The lowest BCUT2D eigenvalue weighted by Gasteiger charge is -2.07. The molecular formula is C26H19N7O4S. The van der Waals surface area contributed by atoms with Crippen molar-refractivity contribution >= 4 is 67.5 Å². The number of urea groups is 1. The molecule has 1 heterocycles. The predicted molar refractivity (Wildman–Crippen MR) is 147 cm³/mol. The average Bonchev–Trinajstić information content (AvgIpc) is 3.34. The Labute approximate surface area is 219 Å². The predicted octanol–water partition coefficient (Wildman–Crippen LogP) is 5.09. The lowest BCUT2D eigenvalue weighted by molar-refractivity contribution is -0.384. The number of nitrogens with one attached hydrogen (secondary N) is 3. The maximum atomic E-state index is 12.4. The Morgan fingerprint density at radius 1 is 0.921 bits per heavy atom. The van der Waals surface area contributed by atoms with Crippen molar-refractivity contribution in [2.75, 3.05) is 10.6 Å². The van der Waals surface area contributed by atoms with Gasteiger partial charge in [0.05, 0.1) is 17.6 Å². The van der Waals surface area contributed by atoms with E-state index in [9.17, 15) is 19.7 Å². The van der Waals surface area contributed by atoms with Gasteiger partial charge >= 0.3 is 6.03 Å². The molecule has 11 nitrogen and oxygen atoms in total. The van der Waals surface area contributed by atoms with Gasteiger partial charge in [-0.1, -0.05) is 59.9 Å². The quantitative estimate of drug-likeness (QED) is 0.116. The summed E-state index contributed by atoms with van der Waals surface area (Å²) in [6.45, 7) is 0. The van der Waals surface area contributed by atoms with Crippen LogP contribution < -0.4 is 16.1 Å². The van der Waals surface area contributed by atoms with Gasteiger partial charge in [0.1, 0.15) is 5.01 Å². The molecule has 0 aliphatic heterocycles. The third kappa shape index (κ3) is 5.60. The number of aromatic nitrogens is 2. The minimum atomic E-state index is -0.599. The van der Waals surface area contributed by atoms with Crippen LogP contribution in [0.5, 0.6) is 0 Å². The summed E-state index contributed by atoms with van der Waals surface area (Å²) in [7, 11) is 0. The lowest BCUT2D eigenvalue weighted by Crippen LogP contribution is -2.19. The highest BCUT2D eigenvalue weighted by Gasteiger charge is 2.12.